The van der Waals surface area contributed by atoms with Gasteiger partial charge in [-0.15, -0.1) is 11.6 Å². The lowest BCUT2D eigenvalue weighted by Gasteiger charge is -2.10. The first kappa shape index (κ1) is 38.8. The third kappa shape index (κ3) is 37.8. The van der Waals surface area contributed by atoms with Crippen molar-refractivity contribution in [3.8, 4) is 0 Å². The average Bonchev–Trinajstić information content (AvgIpc) is 2.93. The molecule has 0 fully saturated rings. The molecule has 0 spiro atoms. The number of halogens is 1. The highest BCUT2D eigenvalue weighted by Gasteiger charge is 1.96. The summed E-state index contributed by atoms with van der Waals surface area (Å²) in [6, 6.07) is 0. The maximum Gasteiger partial charge on any atom is 0.0701 e. The Balaban J connectivity index is 3.02. The van der Waals surface area contributed by atoms with Crippen LogP contribution in [0.25, 0.3) is 0 Å². The van der Waals surface area contributed by atoms with Gasteiger partial charge in [0.2, 0.25) is 0 Å². The predicted octanol–water partition coefficient (Wildman–Crippen LogP) is 0.969. The van der Waals surface area contributed by atoms with Crippen LogP contribution in [0, 0.1) is 0 Å². The Morgan fingerprint density at radius 2 is 0.487 bits per heavy atom. The summed E-state index contributed by atoms with van der Waals surface area (Å²) in [6.45, 7) is 12.9. The van der Waals surface area contributed by atoms with E-state index < -0.39 is 0 Å². The molecule has 39 heavy (non-hydrogen) atoms. The smallest absolute Gasteiger partial charge is 0.0701 e. The summed E-state index contributed by atoms with van der Waals surface area (Å²) in [5.41, 5.74) is 0. The molecule has 0 atom stereocenters. The maximum absolute atomic E-state index is 5.50. The van der Waals surface area contributed by atoms with Crippen molar-refractivity contribution in [3.63, 3.8) is 0 Å². The number of alkyl halides is 1. The Labute approximate surface area is 240 Å². The van der Waals surface area contributed by atoms with E-state index in [1.807, 2.05) is 14.1 Å². The van der Waals surface area contributed by atoms with E-state index in [0.717, 1.165) is 13.2 Å². The van der Waals surface area contributed by atoms with Crippen molar-refractivity contribution in [2.45, 2.75) is 0 Å². The van der Waals surface area contributed by atoms with E-state index in [1.165, 1.54) is 0 Å². The molecule has 12 nitrogen and oxygen atoms in total. The van der Waals surface area contributed by atoms with Crippen LogP contribution in [0.3, 0.4) is 0 Å². The maximum atomic E-state index is 5.50. The Bertz CT molecular complexity index is 443. The molecule has 13 heteroatoms. The lowest BCUT2D eigenvalue weighted by Crippen LogP contribution is -2.19. The third-order valence-corrected chi connectivity index (χ3v) is 4.78. The van der Waals surface area contributed by atoms with E-state index in [1.54, 1.807) is 0 Å². The van der Waals surface area contributed by atoms with Gasteiger partial charge in [-0.25, -0.2) is 0 Å². The fourth-order valence-electron chi connectivity index (χ4n) is 2.60. The van der Waals surface area contributed by atoms with Crippen LogP contribution in [-0.4, -0.2) is 177 Å². The molecular formula is C26H54ClNO11. The normalized spacial score (nSPS) is 11.7. The van der Waals surface area contributed by atoms with Gasteiger partial charge in [-0.05, 0) is 14.1 Å². The first-order chi connectivity index (χ1) is 19.3. The molecule has 0 unspecified atom stereocenters. The van der Waals surface area contributed by atoms with Crippen LogP contribution in [0.4, 0.5) is 0 Å². The topological polar surface area (TPSA) is 105 Å². The van der Waals surface area contributed by atoms with Gasteiger partial charge in [0.05, 0.1) is 145 Å². The minimum absolute atomic E-state index is 0.500. The summed E-state index contributed by atoms with van der Waals surface area (Å²) in [6.07, 6.45) is 0. The molecule has 0 bridgehead atoms. The molecule has 0 rings (SSSR count). The SMILES string of the molecule is CN(C)CCOCCOCCOCCOCCOCCOCCOCCOCCOCCOCCOCCCl. The van der Waals surface area contributed by atoms with Crippen LogP contribution >= 0.6 is 11.6 Å². The molecule has 0 aromatic carbocycles. The number of nitrogens with zero attached hydrogens (tertiary/aromatic N) is 1. The highest BCUT2D eigenvalue weighted by atomic mass is 35.5. The molecule has 0 aromatic heterocycles. The second-order valence-electron chi connectivity index (χ2n) is 8.23. The molecule has 0 aliphatic heterocycles. The van der Waals surface area contributed by atoms with Gasteiger partial charge in [-0.3, -0.25) is 0 Å². The molecule has 0 N–H and O–H groups in total. The van der Waals surface area contributed by atoms with Gasteiger partial charge in [0, 0.05) is 12.4 Å². The van der Waals surface area contributed by atoms with Crippen LogP contribution in [0.15, 0.2) is 0 Å². The Morgan fingerprint density at radius 1 is 0.308 bits per heavy atom. The van der Waals surface area contributed by atoms with Gasteiger partial charge in [0.25, 0.3) is 0 Å². The Hall–Kier alpha value is -0.190. The zero-order valence-electron chi connectivity index (χ0n) is 24.3. The highest BCUT2D eigenvalue weighted by molar-refractivity contribution is 6.17. The number of hydrogen-bond acceptors (Lipinski definition) is 12. The second kappa shape index (κ2) is 35.8. The van der Waals surface area contributed by atoms with Crippen molar-refractivity contribution in [1.29, 1.82) is 0 Å². The largest absolute Gasteiger partial charge is 0.378 e. The fourth-order valence-corrected chi connectivity index (χ4v) is 2.71. The molecule has 0 aliphatic carbocycles. The highest BCUT2D eigenvalue weighted by Crippen LogP contribution is 1.87. The minimum atomic E-state index is 0.500. The Kier molecular flexibility index (Phi) is 35.7. The molecule has 0 saturated carbocycles. The molecule has 0 heterocycles. The molecule has 0 aromatic rings. The van der Waals surface area contributed by atoms with Crippen molar-refractivity contribution in [1.82, 2.24) is 4.90 Å². The molecule has 0 amide bonds. The number of hydrogen-bond donors (Lipinski definition) is 0. The predicted molar refractivity (Wildman–Crippen MR) is 148 cm³/mol. The quantitative estimate of drug-likeness (QED) is 0.0774. The van der Waals surface area contributed by atoms with E-state index in [2.05, 4.69) is 4.90 Å². The summed E-state index contributed by atoms with van der Waals surface area (Å²) in [4.78, 5) is 2.08. The van der Waals surface area contributed by atoms with E-state index >= 15 is 0 Å². The van der Waals surface area contributed by atoms with Crippen molar-refractivity contribution in [2.75, 3.05) is 172 Å². The summed E-state index contributed by atoms with van der Waals surface area (Å²) >= 11 is 5.50. The average molecular weight is 592 g/mol. The number of likely N-dealkylation sites (N-methyl/N-ethyl adjacent to an activating group) is 1. The fraction of sp³-hybridized carbons (Fsp3) is 1.00. The minimum Gasteiger partial charge on any atom is -0.378 e. The van der Waals surface area contributed by atoms with E-state index in [-0.39, 0.29) is 0 Å². The van der Waals surface area contributed by atoms with Crippen LogP contribution < -0.4 is 0 Å². The molecule has 0 saturated heterocycles. The first-order valence-corrected chi connectivity index (χ1v) is 14.4. The number of rotatable bonds is 35. The summed E-state index contributed by atoms with van der Waals surface area (Å²) in [7, 11) is 4.04. The van der Waals surface area contributed by atoms with Crippen LogP contribution in [0.1, 0.15) is 0 Å². The zero-order chi connectivity index (χ0) is 28.3. The molecule has 0 radical (unpaired) electrons. The first-order valence-electron chi connectivity index (χ1n) is 13.8. The van der Waals surface area contributed by atoms with Crippen molar-refractivity contribution < 1.29 is 52.1 Å². The zero-order valence-corrected chi connectivity index (χ0v) is 25.0. The van der Waals surface area contributed by atoms with E-state index in [0.29, 0.717) is 145 Å². The van der Waals surface area contributed by atoms with Gasteiger partial charge in [-0.1, -0.05) is 0 Å². The number of ether oxygens (including phenoxy) is 11. The molecule has 236 valence electrons. The van der Waals surface area contributed by atoms with Crippen LogP contribution in [0.5, 0.6) is 0 Å². The standard InChI is InChI=1S/C26H54ClNO11/c1-28(2)4-6-30-8-10-32-12-14-34-16-18-36-20-22-38-24-26-39-25-23-37-21-19-35-17-15-33-13-11-31-9-7-29-5-3-27/h3-26H2,1-2H3. The van der Waals surface area contributed by atoms with Crippen molar-refractivity contribution in [3.05, 3.63) is 0 Å². The summed E-state index contributed by atoms with van der Waals surface area (Å²) < 4.78 is 59.6. The van der Waals surface area contributed by atoms with Crippen molar-refractivity contribution >= 4 is 11.6 Å². The van der Waals surface area contributed by atoms with Crippen molar-refractivity contribution in [2.24, 2.45) is 0 Å². The van der Waals surface area contributed by atoms with Gasteiger partial charge >= 0.3 is 0 Å². The van der Waals surface area contributed by atoms with Crippen LogP contribution in [-0.2, 0) is 52.1 Å². The lowest BCUT2D eigenvalue weighted by molar-refractivity contribution is -0.0274. The molecule has 0 aliphatic rings. The van der Waals surface area contributed by atoms with Gasteiger partial charge < -0.3 is 57.0 Å². The summed E-state index contributed by atoms with van der Waals surface area (Å²) in [5.74, 6) is 0.500. The van der Waals surface area contributed by atoms with Crippen LogP contribution in [0.2, 0.25) is 0 Å². The van der Waals surface area contributed by atoms with Gasteiger partial charge in [-0.2, -0.15) is 0 Å². The summed E-state index contributed by atoms with van der Waals surface area (Å²) in [5, 5.41) is 0. The Morgan fingerprint density at radius 3 is 0.667 bits per heavy atom. The van der Waals surface area contributed by atoms with E-state index in [9.17, 15) is 0 Å². The monoisotopic (exact) mass is 591 g/mol. The van der Waals surface area contributed by atoms with Gasteiger partial charge in [0.1, 0.15) is 0 Å². The molecular weight excluding hydrogens is 538 g/mol. The second-order valence-corrected chi connectivity index (χ2v) is 8.61. The van der Waals surface area contributed by atoms with Gasteiger partial charge in [0.15, 0.2) is 0 Å². The third-order valence-electron chi connectivity index (χ3n) is 4.62. The lowest BCUT2D eigenvalue weighted by atomic mass is 10.6. The van der Waals surface area contributed by atoms with E-state index in [4.69, 9.17) is 63.7 Å².